The third-order valence-corrected chi connectivity index (χ3v) is 6.24. The van der Waals surface area contributed by atoms with Crippen molar-refractivity contribution in [2.24, 2.45) is 7.05 Å². The third kappa shape index (κ3) is 4.72. The second-order valence-corrected chi connectivity index (χ2v) is 8.80. The summed E-state index contributed by atoms with van der Waals surface area (Å²) < 4.78 is 27.1. The zero-order valence-electron chi connectivity index (χ0n) is 20.6. The molecule has 0 aliphatic carbocycles. The number of amides is 3. The van der Waals surface area contributed by atoms with Gasteiger partial charge < -0.3 is 24.7 Å². The number of aryl methyl sites for hydroxylation is 1. The van der Waals surface area contributed by atoms with Crippen LogP contribution in [-0.2, 0) is 23.1 Å². The van der Waals surface area contributed by atoms with E-state index in [0.29, 0.717) is 43.0 Å². The van der Waals surface area contributed by atoms with E-state index >= 15 is 0 Å². The fraction of sp³-hybridized carbons (Fsp3) is 0.333. The average Bonchev–Trinajstić information content (AvgIpc) is 3.44. The van der Waals surface area contributed by atoms with Crippen molar-refractivity contribution < 1.29 is 27.9 Å². The molecule has 3 amide bonds. The van der Waals surface area contributed by atoms with Gasteiger partial charge in [0.15, 0.2) is 17.0 Å². The molecular formula is C24H24FN7O6. The first kappa shape index (κ1) is 25.1. The largest absolute Gasteiger partial charge is 0.419 e. The quantitative estimate of drug-likeness (QED) is 0.363. The van der Waals surface area contributed by atoms with E-state index in [0.717, 1.165) is 10.7 Å². The normalized spacial score (nSPS) is 14.6. The molecule has 0 radical (unpaired) electrons. The van der Waals surface area contributed by atoms with Crippen molar-refractivity contribution in [3.8, 4) is 0 Å². The van der Waals surface area contributed by atoms with Crippen molar-refractivity contribution in [3.63, 3.8) is 0 Å². The summed E-state index contributed by atoms with van der Waals surface area (Å²) in [5.41, 5.74) is 0.943. The van der Waals surface area contributed by atoms with Gasteiger partial charge in [-0.15, -0.1) is 0 Å². The minimum Gasteiger partial charge on any atom is -0.408 e. The Morgan fingerprint density at radius 3 is 2.68 bits per heavy atom. The predicted octanol–water partition coefficient (Wildman–Crippen LogP) is 0.220. The molecule has 0 saturated carbocycles. The molecule has 198 valence electrons. The SMILES string of the molecule is C[C@H](NC(=O)c1cc(C(=O)NCc2ccc3oc(=O)n(C)c3c2)nc2c(F)cnn12)C(=O)N1CCOCC1. The second-order valence-electron chi connectivity index (χ2n) is 8.80. The van der Waals surface area contributed by atoms with Crippen LogP contribution in [0.5, 0.6) is 0 Å². The number of carbonyl (C=O) groups excluding carboxylic acids is 3. The number of aromatic nitrogens is 4. The molecule has 1 saturated heterocycles. The van der Waals surface area contributed by atoms with Crippen LogP contribution in [0.2, 0.25) is 0 Å². The van der Waals surface area contributed by atoms with E-state index in [9.17, 15) is 23.6 Å². The molecule has 3 aromatic heterocycles. The fourth-order valence-corrected chi connectivity index (χ4v) is 4.16. The Morgan fingerprint density at radius 1 is 1.16 bits per heavy atom. The molecule has 2 N–H and O–H groups in total. The summed E-state index contributed by atoms with van der Waals surface area (Å²) >= 11 is 0. The highest BCUT2D eigenvalue weighted by atomic mass is 19.1. The lowest BCUT2D eigenvalue weighted by Gasteiger charge is -2.29. The standard InChI is InChI=1S/C24H24FN7O6/c1-13(23(35)31-5-7-37-8-6-31)28-22(34)18-10-16(29-20-15(25)12-27-32(18)20)21(33)26-11-14-3-4-19-17(9-14)30(2)24(36)38-19/h3-4,9-10,12-13H,5-8,11H2,1-2H3,(H,26,33)(H,28,34)/t13-/m0/s1. The number of rotatable bonds is 6. The van der Waals surface area contributed by atoms with E-state index in [4.69, 9.17) is 9.15 Å². The molecule has 1 aromatic carbocycles. The molecule has 38 heavy (non-hydrogen) atoms. The first-order valence-electron chi connectivity index (χ1n) is 11.8. The van der Waals surface area contributed by atoms with Gasteiger partial charge in [0.05, 0.1) is 24.9 Å². The van der Waals surface area contributed by atoms with Gasteiger partial charge in [0.2, 0.25) is 5.91 Å². The van der Waals surface area contributed by atoms with E-state index < -0.39 is 29.4 Å². The first-order valence-corrected chi connectivity index (χ1v) is 11.8. The van der Waals surface area contributed by atoms with E-state index in [2.05, 4.69) is 20.7 Å². The van der Waals surface area contributed by atoms with Crippen LogP contribution in [0.3, 0.4) is 0 Å². The van der Waals surface area contributed by atoms with Crippen LogP contribution in [-0.4, -0.2) is 74.1 Å². The van der Waals surface area contributed by atoms with Crippen LogP contribution in [0.15, 0.2) is 39.7 Å². The molecule has 0 unspecified atom stereocenters. The molecule has 5 rings (SSSR count). The van der Waals surface area contributed by atoms with Crippen LogP contribution in [0.1, 0.15) is 33.5 Å². The average molecular weight is 525 g/mol. The molecule has 0 spiro atoms. The van der Waals surface area contributed by atoms with Gasteiger partial charge in [-0.25, -0.2) is 18.7 Å². The monoisotopic (exact) mass is 525 g/mol. The summed E-state index contributed by atoms with van der Waals surface area (Å²) in [6.45, 7) is 3.26. The minimum absolute atomic E-state index is 0.0648. The summed E-state index contributed by atoms with van der Waals surface area (Å²) in [4.78, 5) is 56.1. The van der Waals surface area contributed by atoms with E-state index in [1.807, 2.05) is 0 Å². The maximum atomic E-state index is 14.4. The lowest BCUT2D eigenvalue weighted by Crippen LogP contribution is -2.50. The number of carbonyl (C=O) groups is 3. The van der Waals surface area contributed by atoms with Gasteiger partial charge in [0, 0.05) is 32.7 Å². The van der Waals surface area contributed by atoms with Crippen molar-refractivity contribution in [3.05, 3.63) is 63.8 Å². The number of fused-ring (bicyclic) bond motifs is 2. The summed E-state index contributed by atoms with van der Waals surface area (Å²) in [6, 6.07) is 5.30. The lowest BCUT2D eigenvalue weighted by atomic mass is 10.2. The molecule has 1 aliphatic heterocycles. The number of halogens is 1. The Hall–Kier alpha value is -4.59. The van der Waals surface area contributed by atoms with Crippen molar-refractivity contribution in [2.75, 3.05) is 26.3 Å². The van der Waals surface area contributed by atoms with Crippen LogP contribution in [0, 0.1) is 5.82 Å². The topological polar surface area (TPSA) is 153 Å². The minimum atomic E-state index is -0.879. The van der Waals surface area contributed by atoms with Crippen LogP contribution in [0.4, 0.5) is 4.39 Å². The molecule has 4 heterocycles. The van der Waals surface area contributed by atoms with Crippen molar-refractivity contribution in [1.29, 1.82) is 0 Å². The van der Waals surface area contributed by atoms with Gasteiger partial charge >= 0.3 is 5.76 Å². The smallest absolute Gasteiger partial charge is 0.408 e. The van der Waals surface area contributed by atoms with Crippen molar-refractivity contribution in [1.82, 2.24) is 34.7 Å². The molecule has 13 nitrogen and oxygen atoms in total. The zero-order chi connectivity index (χ0) is 27.0. The Bertz CT molecular complexity index is 1620. The highest BCUT2D eigenvalue weighted by Crippen LogP contribution is 2.15. The molecule has 1 aliphatic rings. The molecule has 1 atom stereocenters. The number of oxazole rings is 1. The first-order chi connectivity index (χ1) is 18.2. The summed E-state index contributed by atoms with van der Waals surface area (Å²) in [5, 5.41) is 9.12. The van der Waals surface area contributed by atoms with Crippen LogP contribution in [0.25, 0.3) is 16.7 Å². The van der Waals surface area contributed by atoms with Crippen LogP contribution < -0.4 is 16.4 Å². The second kappa shape index (κ2) is 10.0. The Morgan fingerprint density at radius 2 is 1.92 bits per heavy atom. The van der Waals surface area contributed by atoms with Gasteiger partial charge in [-0.2, -0.15) is 5.10 Å². The third-order valence-electron chi connectivity index (χ3n) is 6.24. The number of morpholine rings is 1. The van der Waals surface area contributed by atoms with Gasteiger partial charge in [-0.3, -0.25) is 19.0 Å². The van der Waals surface area contributed by atoms with E-state index in [-0.39, 0.29) is 29.5 Å². The molecule has 4 aromatic rings. The summed E-state index contributed by atoms with van der Waals surface area (Å²) in [7, 11) is 1.57. The lowest BCUT2D eigenvalue weighted by molar-refractivity contribution is -0.136. The van der Waals surface area contributed by atoms with E-state index in [1.165, 1.54) is 17.6 Å². The van der Waals surface area contributed by atoms with E-state index in [1.54, 1.807) is 30.1 Å². The molecule has 1 fully saturated rings. The maximum Gasteiger partial charge on any atom is 0.419 e. The molecule has 14 heteroatoms. The van der Waals surface area contributed by atoms with Gasteiger partial charge in [-0.05, 0) is 24.6 Å². The van der Waals surface area contributed by atoms with Gasteiger partial charge in [-0.1, -0.05) is 6.07 Å². The number of nitrogens with zero attached hydrogens (tertiary/aromatic N) is 5. The van der Waals surface area contributed by atoms with Crippen LogP contribution >= 0.6 is 0 Å². The molecule has 0 bridgehead atoms. The Balaban J connectivity index is 1.35. The highest BCUT2D eigenvalue weighted by molar-refractivity contribution is 6.00. The highest BCUT2D eigenvalue weighted by Gasteiger charge is 2.26. The zero-order valence-corrected chi connectivity index (χ0v) is 20.6. The summed E-state index contributed by atoms with van der Waals surface area (Å²) in [5.74, 6) is -3.01. The number of benzene rings is 1. The predicted molar refractivity (Wildman–Crippen MR) is 130 cm³/mol. The number of nitrogens with one attached hydrogen (secondary N) is 2. The number of hydrogen-bond donors (Lipinski definition) is 2. The summed E-state index contributed by atoms with van der Waals surface area (Å²) in [6.07, 6.45) is 0.882. The van der Waals surface area contributed by atoms with Gasteiger partial charge in [0.25, 0.3) is 11.8 Å². The Labute approximate surface area is 214 Å². The number of ether oxygens (including phenoxy) is 1. The maximum absolute atomic E-state index is 14.4. The van der Waals surface area contributed by atoms with Crippen molar-refractivity contribution in [2.45, 2.75) is 19.5 Å². The van der Waals surface area contributed by atoms with Crippen molar-refractivity contribution >= 4 is 34.5 Å². The number of hydrogen-bond acceptors (Lipinski definition) is 8. The molecular weight excluding hydrogens is 501 g/mol. The fourth-order valence-electron chi connectivity index (χ4n) is 4.16. The Kier molecular flexibility index (Phi) is 6.63. The van der Waals surface area contributed by atoms with Gasteiger partial charge in [0.1, 0.15) is 17.4 Å².